The van der Waals surface area contributed by atoms with E-state index in [1.54, 1.807) is 0 Å². The van der Waals surface area contributed by atoms with Gasteiger partial charge in [-0.15, -0.1) is 0 Å². The Morgan fingerprint density at radius 3 is 2.36 bits per heavy atom. The maximum Gasteiger partial charge on any atom is 0.101 e. The summed E-state index contributed by atoms with van der Waals surface area (Å²) in [7, 11) is 0. The minimum atomic E-state index is 0.354. The Morgan fingerprint density at radius 1 is 1.04 bits per heavy atom. The first kappa shape index (κ1) is 20.1. The Morgan fingerprint density at radius 2 is 1.68 bits per heavy atom. The molecule has 0 saturated carbocycles. The number of aliphatic imine (C=N–C) groups is 1. The second-order valence-electron chi connectivity index (χ2n) is 7.55. The van der Waals surface area contributed by atoms with Crippen molar-refractivity contribution in [2.24, 2.45) is 4.99 Å². The topological polar surface area (TPSA) is 15.6 Å². The highest BCUT2D eigenvalue weighted by Crippen LogP contribution is 2.43. The van der Waals surface area contributed by atoms with Gasteiger partial charge in [0.15, 0.2) is 0 Å². The second kappa shape index (κ2) is 9.54. The van der Waals surface area contributed by atoms with Crippen LogP contribution in [0, 0.1) is 0 Å². The van der Waals surface area contributed by atoms with E-state index in [-0.39, 0.29) is 0 Å². The summed E-state index contributed by atoms with van der Waals surface area (Å²) in [6, 6.07) is 19.5. The highest BCUT2D eigenvalue weighted by Gasteiger charge is 2.26. The van der Waals surface area contributed by atoms with Crippen LogP contribution in [-0.4, -0.2) is 23.8 Å². The number of fused-ring (bicyclic) bond motifs is 1. The molecule has 28 heavy (non-hydrogen) atoms. The predicted octanol–water partition coefficient (Wildman–Crippen LogP) is 6.66. The molecule has 0 aliphatic heterocycles. The van der Waals surface area contributed by atoms with E-state index >= 15 is 0 Å². The Bertz CT molecular complexity index is 855. The summed E-state index contributed by atoms with van der Waals surface area (Å²) in [5.41, 5.74) is 6.32. The molecule has 0 saturated heterocycles. The second-order valence-corrected chi connectivity index (χ2v) is 7.55. The minimum absolute atomic E-state index is 0.354. The highest BCUT2D eigenvalue weighted by atomic mass is 15.2. The van der Waals surface area contributed by atoms with Gasteiger partial charge in [-0.1, -0.05) is 75.0 Å². The quantitative estimate of drug-likeness (QED) is 0.409. The van der Waals surface area contributed by atoms with E-state index in [2.05, 4.69) is 93.0 Å². The first-order valence-electron chi connectivity index (χ1n) is 10.5. The third-order valence-electron chi connectivity index (χ3n) is 5.53. The molecule has 1 aliphatic rings. The number of rotatable bonds is 6. The molecule has 0 amide bonds. The molecule has 0 aromatic heterocycles. The molecule has 2 aromatic rings. The summed E-state index contributed by atoms with van der Waals surface area (Å²) in [5, 5.41) is 0. The van der Waals surface area contributed by atoms with Crippen LogP contribution < -0.4 is 0 Å². The first-order chi connectivity index (χ1) is 13.7. The van der Waals surface area contributed by atoms with Crippen LogP contribution in [0.5, 0.6) is 0 Å². The van der Waals surface area contributed by atoms with E-state index in [0.29, 0.717) is 5.92 Å². The fourth-order valence-electron chi connectivity index (χ4n) is 4.04. The molecule has 2 nitrogen and oxygen atoms in total. The zero-order chi connectivity index (χ0) is 19.9. The smallest absolute Gasteiger partial charge is 0.101 e. The number of benzene rings is 2. The van der Waals surface area contributed by atoms with E-state index in [1.807, 2.05) is 0 Å². The summed E-state index contributed by atoms with van der Waals surface area (Å²) in [4.78, 5) is 7.24. The average molecular weight is 373 g/mol. The Balaban J connectivity index is 1.95. The molecule has 2 aromatic carbocycles. The fraction of sp³-hybridized carbons (Fsp3) is 0.346. The standard InChI is InChI=1S/C26H32N2/c1-5-16-28(17-6-2)21(4)27-19-23-18-26(22-12-8-7-9-13-22)25-15-11-10-14-24(25)20(23)3/h7-15,19,26H,3,5-6,16-18H2,1-2,4H3/b23-19-,27-21+. The van der Waals surface area contributed by atoms with Crippen LogP contribution >= 0.6 is 0 Å². The van der Waals surface area contributed by atoms with Gasteiger partial charge in [0.1, 0.15) is 5.84 Å². The van der Waals surface area contributed by atoms with E-state index < -0.39 is 0 Å². The molecule has 1 aliphatic carbocycles. The third-order valence-corrected chi connectivity index (χ3v) is 5.53. The van der Waals surface area contributed by atoms with Gasteiger partial charge >= 0.3 is 0 Å². The Hall–Kier alpha value is -2.61. The van der Waals surface area contributed by atoms with Crippen molar-refractivity contribution in [1.29, 1.82) is 0 Å². The van der Waals surface area contributed by atoms with E-state index in [1.165, 1.54) is 22.3 Å². The molecular weight excluding hydrogens is 340 g/mol. The van der Waals surface area contributed by atoms with Gasteiger partial charge in [0.25, 0.3) is 0 Å². The van der Waals surface area contributed by atoms with Crippen molar-refractivity contribution in [2.45, 2.75) is 46.0 Å². The van der Waals surface area contributed by atoms with E-state index in [4.69, 9.17) is 4.99 Å². The summed E-state index contributed by atoms with van der Waals surface area (Å²) in [5.74, 6) is 1.45. The molecule has 0 bridgehead atoms. The summed E-state index contributed by atoms with van der Waals surface area (Å²) in [6.07, 6.45) is 5.28. The monoisotopic (exact) mass is 372 g/mol. The molecule has 2 heteroatoms. The minimum Gasteiger partial charge on any atom is -0.360 e. The fourth-order valence-corrected chi connectivity index (χ4v) is 4.04. The first-order valence-corrected chi connectivity index (χ1v) is 10.5. The molecule has 0 fully saturated rings. The molecule has 0 N–H and O–H groups in total. The maximum atomic E-state index is 4.86. The maximum absolute atomic E-state index is 4.86. The van der Waals surface area contributed by atoms with E-state index in [0.717, 1.165) is 43.8 Å². The zero-order valence-corrected chi connectivity index (χ0v) is 17.5. The van der Waals surface area contributed by atoms with Crippen molar-refractivity contribution in [2.75, 3.05) is 13.1 Å². The van der Waals surface area contributed by atoms with Gasteiger partial charge in [-0.05, 0) is 54.0 Å². The molecule has 146 valence electrons. The SMILES string of the molecule is C=C1/C(=C\N=C(/C)N(CCC)CCC)CC(c2ccccc2)c2ccccc21. The highest BCUT2D eigenvalue weighted by molar-refractivity contribution is 5.84. The summed E-state index contributed by atoms with van der Waals surface area (Å²) < 4.78 is 0. The van der Waals surface area contributed by atoms with Crippen molar-refractivity contribution in [3.8, 4) is 0 Å². The van der Waals surface area contributed by atoms with Gasteiger partial charge in [-0.3, -0.25) is 0 Å². The van der Waals surface area contributed by atoms with Gasteiger partial charge in [0.05, 0.1) is 0 Å². The van der Waals surface area contributed by atoms with Crippen molar-refractivity contribution < 1.29 is 0 Å². The normalized spacial score (nSPS) is 18.2. The van der Waals surface area contributed by atoms with Gasteiger partial charge in [-0.25, -0.2) is 4.99 Å². The lowest BCUT2D eigenvalue weighted by atomic mass is 9.75. The Labute approximate surface area is 170 Å². The lowest BCUT2D eigenvalue weighted by Gasteiger charge is -2.29. The van der Waals surface area contributed by atoms with Crippen LogP contribution in [0.2, 0.25) is 0 Å². The number of amidine groups is 1. The van der Waals surface area contributed by atoms with Gasteiger partial charge < -0.3 is 4.90 Å². The molecule has 1 atom stereocenters. The van der Waals surface area contributed by atoms with Crippen LogP contribution in [-0.2, 0) is 0 Å². The molecule has 0 heterocycles. The molecule has 3 rings (SSSR count). The zero-order valence-electron chi connectivity index (χ0n) is 17.5. The lowest BCUT2D eigenvalue weighted by molar-refractivity contribution is 0.414. The van der Waals surface area contributed by atoms with Crippen molar-refractivity contribution in [3.63, 3.8) is 0 Å². The van der Waals surface area contributed by atoms with Crippen molar-refractivity contribution in [3.05, 3.63) is 89.6 Å². The Kier molecular flexibility index (Phi) is 6.86. The van der Waals surface area contributed by atoms with Crippen LogP contribution in [0.1, 0.15) is 62.6 Å². The molecule has 1 unspecified atom stereocenters. The van der Waals surface area contributed by atoms with Crippen molar-refractivity contribution in [1.82, 2.24) is 4.90 Å². The lowest BCUT2D eigenvalue weighted by Crippen LogP contribution is -2.30. The van der Waals surface area contributed by atoms with Crippen LogP contribution in [0.3, 0.4) is 0 Å². The average Bonchev–Trinajstić information content (AvgIpc) is 2.73. The number of nitrogens with zero attached hydrogens (tertiary/aromatic N) is 2. The van der Waals surface area contributed by atoms with Crippen LogP contribution in [0.4, 0.5) is 0 Å². The van der Waals surface area contributed by atoms with Gasteiger partial charge in [-0.2, -0.15) is 0 Å². The van der Waals surface area contributed by atoms with Gasteiger partial charge in [0, 0.05) is 25.2 Å². The number of allylic oxidation sites excluding steroid dienone is 2. The van der Waals surface area contributed by atoms with Crippen molar-refractivity contribution >= 4 is 11.4 Å². The summed E-state index contributed by atoms with van der Waals surface area (Å²) in [6.45, 7) is 13.1. The van der Waals surface area contributed by atoms with E-state index in [9.17, 15) is 0 Å². The molecule has 0 spiro atoms. The third kappa shape index (κ3) is 4.44. The molecular formula is C26H32N2. The number of hydrogen-bond donors (Lipinski definition) is 0. The molecule has 0 radical (unpaired) electrons. The van der Waals surface area contributed by atoms with Gasteiger partial charge in [0.2, 0.25) is 0 Å². The number of hydrogen-bond acceptors (Lipinski definition) is 1. The summed E-state index contributed by atoms with van der Waals surface area (Å²) >= 11 is 0. The van der Waals surface area contributed by atoms with Crippen LogP contribution in [0.25, 0.3) is 5.57 Å². The largest absolute Gasteiger partial charge is 0.360 e. The predicted molar refractivity (Wildman–Crippen MR) is 122 cm³/mol. The van der Waals surface area contributed by atoms with Crippen LogP contribution in [0.15, 0.2) is 77.9 Å².